The number of benzene rings is 1. The number of amidine groups is 1. The minimum Gasteiger partial charge on any atom is -0.358 e. The molecule has 0 amide bonds. The van der Waals surface area contributed by atoms with Crippen LogP contribution in [-0.4, -0.2) is 16.4 Å². The number of nitrogens with zero attached hydrogens (tertiary/aromatic N) is 1. The van der Waals surface area contributed by atoms with E-state index >= 15 is 0 Å². The summed E-state index contributed by atoms with van der Waals surface area (Å²) in [5.74, 6) is 0. The molecule has 5 heteroatoms. The van der Waals surface area contributed by atoms with Crippen molar-refractivity contribution in [1.82, 2.24) is 5.32 Å². The molecule has 1 heterocycles. The van der Waals surface area contributed by atoms with Gasteiger partial charge in [0.2, 0.25) is 0 Å². The molecule has 0 bridgehead atoms. The van der Waals surface area contributed by atoms with Crippen LogP contribution in [-0.2, 0) is 0 Å². The predicted octanol–water partition coefficient (Wildman–Crippen LogP) is 4.37. The minimum atomic E-state index is 0. The van der Waals surface area contributed by atoms with E-state index in [4.69, 9.17) is 0 Å². The summed E-state index contributed by atoms with van der Waals surface area (Å²) >= 11 is 3.80. The first-order chi connectivity index (χ1) is 7.31. The lowest BCUT2D eigenvalue weighted by Gasteiger charge is -2.22. The van der Waals surface area contributed by atoms with Crippen LogP contribution >= 0.6 is 58.3 Å². The van der Waals surface area contributed by atoms with Crippen molar-refractivity contribution in [1.29, 1.82) is 0 Å². The first-order valence-corrected chi connectivity index (χ1v) is 8.05. The molecule has 90 valence electrons. The molecule has 0 aromatic heterocycles. The van der Waals surface area contributed by atoms with E-state index < -0.39 is 0 Å². The van der Waals surface area contributed by atoms with Gasteiger partial charge in [-0.2, -0.15) is 0 Å². The van der Waals surface area contributed by atoms with E-state index in [0.717, 1.165) is 10.9 Å². The summed E-state index contributed by atoms with van der Waals surface area (Å²) in [5, 5.41) is 4.34. The molecule has 1 aromatic rings. The molecule has 2 rings (SSSR count). The van der Waals surface area contributed by atoms with Crippen molar-refractivity contribution in [3.63, 3.8) is 0 Å². The fraction of sp³-hybridized carbons (Fsp3) is 0.364. The van der Waals surface area contributed by atoms with Gasteiger partial charge in [-0.05, 0) is 29.7 Å². The Bertz CT molecular complexity index is 356. The first-order valence-electron chi connectivity index (χ1n) is 4.67. The molecule has 0 saturated carbocycles. The van der Waals surface area contributed by atoms with Gasteiger partial charge in [-0.1, -0.05) is 52.6 Å². The molecule has 0 radical (unpaired) electrons. The van der Waals surface area contributed by atoms with E-state index in [0.29, 0.717) is 6.04 Å². The third kappa shape index (κ3) is 4.06. The van der Waals surface area contributed by atoms with Gasteiger partial charge in [-0.15, -0.1) is 24.0 Å². The number of thioether (sulfide) groups is 1. The number of hydrogen-bond acceptors (Lipinski definition) is 3. The molecule has 16 heavy (non-hydrogen) atoms. The van der Waals surface area contributed by atoms with E-state index in [1.54, 1.807) is 11.8 Å². The number of hydrogen-bond donors (Lipinski definition) is 1. The quantitative estimate of drug-likeness (QED) is 0.458. The van der Waals surface area contributed by atoms with E-state index in [1.807, 2.05) is 17.3 Å². The molecular weight excluding hydrogens is 446 g/mol. The fourth-order valence-electron chi connectivity index (χ4n) is 1.46. The average Bonchev–Trinajstić information content (AvgIpc) is 2.31. The Kier molecular flexibility index (Phi) is 8.84. The molecule has 0 spiro atoms. The lowest BCUT2D eigenvalue weighted by Crippen LogP contribution is -2.26. The Morgan fingerprint density at radius 1 is 1.31 bits per heavy atom. The van der Waals surface area contributed by atoms with Crippen LogP contribution in [0, 0.1) is 0 Å². The summed E-state index contributed by atoms with van der Waals surface area (Å²) in [6.07, 6.45) is 2.03. The van der Waals surface area contributed by atoms with Gasteiger partial charge in [0.15, 0.2) is 5.17 Å². The SMILES string of the molecule is CI.CSC1=Nc2ccccc2C(C)N1.I. The van der Waals surface area contributed by atoms with Crippen LogP contribution in [0.4, 0.5) is 5.69 Å². The van der Waals surface area contributed by atoms with Gasteiger partial charge in [0, 0.05) is 0 Å². The Morgan fingerprint density at radius 2 is 1.94 bits per heavy atom. The number of halogens is 2. The van der Waals surface area contributed by atoms with Gasteiger partial charge >= 0.3 is 0 Å². The zero-order valence-corrected chi connectivity index (χ0v) is 14.8. The van der Waals surface area contributed by atoms with Crippen molar-refractivity contribution in [3.8, 4) is 0 Å². The summed E-state index contributed by atoms with van der Waals surface area (Å²) in [5.41, 5.74) is 2.37. The fourth-order valence-corrected chi connectivity index (χ4v) is 1.95. The van der Waals surface area contributed by atoms with Crippen molar-refractivity contribution in [2.45, 2.75) is 13.0 Å². The summed E-state index contributed by atoms with van der Waals surface area (Å²) < 4.78 is 0. The summed E-state index contributed by atoms with van der Waals surface area (Å²) in [4.78, 5) is 6.45. The van der Waals surface area contributed by atoms with Gasteiger partial charge in [0.05, 0.1) is 11.7 Å². The van der Waals surface area contributed by atoms with Crippen LogP contribution in [0.3, 0.4) is 0 Å². The molecular formula is C11H16I2N2S. The highest BCUT2D eigenvalue weighted by Gasteiger charge is 2.16. The lowest BCUT2D eigenvalue weighted by atomic mass is 10.1. The van der Waals surface area contributed by atoms with Crippen LogP contribution in [0.15, 0.2) is 29.3 Å². The number of alkyl halides is 1. The zero-order valence-electron chi connectivity index (χ0n) is 9.53. The third-order valence-electron chi connectivity index (χ3n) is 2.16. The van der Waals surface area contributed by atoms with Crippen LogP contribution < -0.4 is 5.32 Å². The van der Waals surface area contributed by atoms with E-state index in [-0.39, 0.29) is 24.0 Å². The second-order valence-corrected chi connectivity index (χ2v) is 3.84. The van der Waals surface area contributed by atoms with Crippen molar-refractivity contribution in [2.24, 2.45) is 4.99 Å². The number of aliphatic imine (C=N–C) groups is 1. The van der Waals surface area contributed by atoms with Gasteiger partial charge < -0.3 is 5.32 Å². The van der Waals surface area contributed by atoms with Crippen LogP contribution in [0.2, 0.25) is 0 Å². The molecule has 1 aliphatic rings. The summed E-state index contributed by atoms with van der Waals surface area (Å²) in [7, 11) is 0. The molecule has 1 N–H and O–H groups in total. The van der Waals surface area contributed by atoms with Crippen LogP contribution in [0.25, 0.3) is 0 Å². The predicted molar refractivity (Wildman–Crippen MR) is 94.0 cm³/mol. The van der Waals surface area contributed by atoms with Crippen molar-refractivity contribution in [2.75, 3.05) is 11.2 Å². The summed E-state index contributed by atoms with van der Waals surface area (Å²) in [6, 6.07) is 8.63. The molecule has 0 aliphatic carbocycles. The number of rotatable bonds is 0. The van der Waals surface area contributed by atoms with Gasteiger partial charge in [0.25, 0.3) is 0 Å². The van der Waals surface area contributed by atoms with E-state index in [1.165, 1.54) is 5.56 Å². The van der Waals surface area contributed by atoms with Crippen molar-refractivity contribution < 1.29 is 0 Å². The van der Waals surface area contributed by atoms with Gasteiger partial charge in [-0.25, -0.2) is 4.99 Å². The second kappa shape index (κ2) is 8.57. The van der Waals surface area contributed by atoms with Gasteiger partial charge in [-0.3, -0.25) is 0 Å². The van der Waals surface area contributed by atoms with E-state index in [2.05, 4.69) is 58.0 Å². The monoisotopic (exact) mass is 462 g/mol. The summed E-state index contributed by atoms with van der Waals surface area (Å²) in [6.45, 7) is 2.16. The van der Waals surface area contributed by atoms with Crippen molar-refractivity contribution in [3.05, 3.63) is 29.8 Å². The Labute approximate surface area is 132 Å². The molecule has 1 aliphatic heterocycles. The normalized spacial score (nSPS) is 16.8. The molecule has 0 saturated heterocycles. The highest BCUT2D eigenvalue weighted by atomic mass is 127. The minimum absolute atomic E-state index is 0. The Morgan fingerprint density at radius 3 is 2.56 bits per heavy atom. The first kappa shape index (κ1) is 16.5. The standard InChI is InChI=1S/C10H12N2S.CH3I.HI/c1-7-8-5-3-4-6-9(8)12-10(11-7)13-2;1-2;/h3-7H,1-2H3,(H,11,12);1H3;1H. The maximum Gasteiger partial charge on any atom is 0.161 e. The highest BCUT2D eigenvalue weighted by Crippen LogP contribution is 2.29. The number of fused-ring (bicyclic) bond motifs is 1. The maximum atomic E-state index is 4.48. The molecule has 1 unspecified atom stereocenters. The third-order valence-corrected chi connectivity index (χ3v) is 2.75. The van der Waals surface area contributed by atoms with Crippen LogP contribution in [0.1, 0.15) is 18.5 Å². The molecule has 1 aromatic carbocycles. The number of nitrogens with one attached hydrogen (secondary N) is 1. The second-order valence-electron chi connectivity index (χ2n) is 3.05. The molecule has 1 atom stereocenters. The lowest BCUT2D eigenvalue weighted by molar-refractivity contribution is 0.713. The van der Waals surface area contributed by atoms with E-state index in [9.17, 15) is 0 Å². The molecule has 0 fully saturated rings. The van der Waals surface area contributed by atoms with Crippen molar-refractivity contribution >= 4 is 69.2 Å². The topological polar surface area (TPSA) is 24.4 Å². The smallest absolute Gasteiger partial charge is 0.161 e. The zero-order chi connectivity index (χ0) is 11.3. The van der Waals surface area contributed by atoms with Gasteiger partial charge in [0.1, 0.15) is 0 Å². The maximum absolute atomic E-state index is 4.48. The van der Waals surface area contributed by atoms with Crippen LogP contribution in [0.5, 0.6) is 0 Å². The average molecular weight is 462 g/mol. The largest absolute Gasteiger partial charge is 0.358 e. The molecule has 2 nitrogen and oxygen atoms in total. The highest BCUT2D eigenvalue weighted by molar-refractivity contribution is 14.1. The Hall–Kier alpha value is 0.500. The number of para-hydroxylation sites is 1. The Balaban J connectivity index is 0.000000711.